The van der Waals surface area contributed by atoms with Crippen molar-refractivity contribution in [3.05, 3.63) is 160 Å². The SMILES string of the molecule is CC1=C(c2ccc(C)cc2)[P+](c2ccccc2)(c2ccccc2)C(=NC(C)(C)C)[B-]1(c1c(F)c(F)c(F)c(F)c1F)c1c(F)c(F)c(F)c(F)c1F. The van der Waals surface area contributed by atoms with Crippen LogP contribution in [0.15, 0.2) is 95.4 Å². The van der Waals surface area contributed by atoms with E-state index in [0.29, 0.717) is 16.2 Å². The van der Waals surface area contributed by atoms with Gasteiger partial charge in [-0.25, -0.2) is 43.9 Å². The van der Waals surface area contributed by atoms with E-state index in [9.17, 15) is 8.78 Å². The van der Waals surface area contributed by atoms with Crippen molar-refractivity contribution in [2.45, 2.75) is 40.2 Å². The van der Waals surface area contributed by atoms with E-state index in [1.54, 1.807) is 91.9 Å². The van der Waals surface area contributed by atoms with Crippen LogP contribution >= 0.6 is 7.26 Å². The lowest BCUT2D eigenvalue weighted by atomic mass is 9.15. The maximum absolute atomic E-state index is 16.7. The Labute approximate surface area is 294 Å². The minimum Gasteiger partial charge on any atom is -0.288 e. The first kappa shape index (κ1) is 37.1. The molecule has 0 aliphatic carbocycles. The van der Waals surface area contributed by atoms with Crippen LogP contribution < -0.4 is 21.5 Å². The Hall–Kier alpha value is -4.70. The lowest BCUT2D eigenvalue weighted by Gasteiger charge is -2.42. The quantitative estimate of drug-likeness (QED) is 0.0560. The van der Waals surface area contributed by atoms with Crippen LogP contribution in [0.5, 0.6) is 0 Å². The van der Waals surface area contributed by atoms with Gasteiger partial charge in [0.2, 0.25) is 0 Å². The molecule has 5 aromatic rings. The molecule has 13 heteroatoms. The van der Waals surface area contributed by atoms with Crippen molar-refractivity contribution in [3.8, 4) is 0 Å². The fraction of sp³-hybridized carbons (Fsp3) is 0.154. The molecule has 0 aromatic heterocycles. The van der Waals surface area contributed by atoms with Gasteiger partial charge >= 0.3 is 0 Å². The number of nitrogens with zero attached hydrogens (tertiary/aromatic N) is 1. The Balaban J connectivity index is 2.08. The van der Waals surface area contributed by atoms with Gasteiger partial charge in [-0.1, -0.05) is 73.2 Å². The van der Waals surface area contributed by atoms with Gasteiger partial charge in [0, 0.05) is 10.9 Å². The molecule has 0 unspecified atom stereocenters. The molecule has 1 aliphatic heterocycles. The molecule has 1 aliphatic rings. The summed E-state index contributed by atoms with van der Waals surface area (Å²) in [6.45, 7) is 7.48. The second kappa shape index (κ2) is 13.1. The van der Waals surface area contributed by atoms with Gasteiger partial charge in [-0.2, -0.15) is 5.47 Å². The van der Waals surface area contributed by atoms with Crippen molar-refractivity contribution in [2.24, 2.45) is 4.99 Å². The summed E-state index contributed by atoms with van der Waals surface area (Å²) in [7, 11) is -3.96. The molecule has 1 nitrogen and oxygen atoms in total. The maximum atomic E-state index is 16.7. The van der Waals surface area contributed by atoms with Crippen molar-refractivity contribution in [3.63, 3.8) is 0 Å². The van der Waals surface area contributed by atoms with Crippen LogP contribution in [-0.4, -0.2) is 17.0 Å². The number of hydrogen-bond donors (Lipinski definition) is 0. The predicted molar refractivity (Wildman–Crippen MR) is 188 cm³/mol. The Morgan fingerprint density at radius 1 is 0.481 bits per heavy atom. The molecule has 0 saturated carbocycles. The molecule has 0 radical (unpaired) electrons. The number of allylic oxidation sites excluding steroid dienone is 1. The van der Waals surface area contributed by atoms with Crippen molar-refractivity contribution in [1.29, 1.82) is 0 Å². The molecule has 52 heavy (non-hydrogen) atoms. The average Bonchev–Trinajstić information content (AvgIpc) is 3.33. The standard InChI is InChI=1S/C39H29BF10NP/c1-20-16-18-22(19-17-20)37-21(2)40(25-27(41)31(45)35(49)32(46)28(25)42,26-29(43)33(47)36(50)34(48)30(26)44)38(51-39(3,4)5)52(37,23-12-8-6-9-13-23)24-14-10-7-11-15-24/h6-19H,1-5H3. The molecular formula is C39H29BF10NP. The number of halogens is 10. The predicted octanol–water partition coefficient (Wildman–Crippen LogP) is 9.34. The highest BCUT2D eigenvalue weighted by Crippen LogP contribution is 2.75. The van der Waals surface area contributed by atoms with Crippen LogP contribution in [0.4, 0.5) is 43.9 Å². The minimum absolute atomic E-state index is 0.126. The van der Waals surface area contributed by atoms with Crippen LogP contribution in [0, 0.1) is 65.1 Å². The van der Waals surface area contributed by atoms with Crippen molar-refractivity contribution in [2.75, 3.05) is 0 Å². The van der Waals surface area contributed by atoms with Crippen LogP contribution in [0.25, 0.3) is 5.31 Å². The smallest absolute Gasteiger partial charge is 0.200 e. The summed E-state index contributed by atoms with van der Waals surface area (Å²) >= 11 is 0. The van der Waals surface area contributed by atoms with Gasteiger partial charge in [-0.3, -0.25) is 4.99 Å². The topological polar surface area (TPSA) is 12.4 Å². The Bertz CT molecular complexity index is 2130. The summed E-state index contributed by atoms with van der Waals surface area (Å²) in [5.41, 5.74) is -4.27. The maximum Gasteiger partial charge on any atom is 0.200 e. The fourth-order valence-corrected chi connectivity index (χ4v) is 13.1. The van der Waals surface area contributed by atoms with Crippen molar-refractivity contribution < 1.29 is 43.9 Å². The molecule has 0 amide bonds. The molecule has 0 bridgehead atoms. The molecule has 5 aromatic carbocycles. The Morgan fingerprint density at radius 2 is 0.827 bits per heavy atom. The van der Waals surface area contributed by atoms with Crippen LogP contribution in [0.3, 0.4) is 0 Å². The molecular weight excluding hydrogens is 714 g/mol. The number of rotatable bonds is 5. The third-order valence-corrected chi connectivity index (χ3v) is 14.1. The molecule has 268 valence electrons. The van der Waals surface area contributed by atoms with Crippen LogP contribution in [0.2, 0.25) is 0 Å². The van der Waals surface area contributed by atoms with Gasteiger partial charge in [0.05, 0.1) is 10.9 Å². The minimum atomic E-state index is -4.56. The fourth-order valence-electron chi connectivity index (χ4n) is 7.53. The first-order chi connectivity index (χ1) is 24.4. The molecule has 0 saturated heterocycles. The highest BCUT2D eigenvalue weighted by Gasteiger charge is 2.66. The monoisotopic (exact) mass is 743 g/mol. The van der Waals surface area contributed by atoms with E-state index < -0.39 is 98.9 Å². The Kier molecular flexibility index (Phi) is 9.31. The largest absolute Gasteiger partial charge is 0.288 e. The van der Waals surface area contributed by atoms with E-state index in [1.165, 1.54) is 20.8 Å². The number of aryl methyl sites for hydroxylation is 1. The summed E-state index contributed by atoms with van der Waals surface area (Å²) < 4.78 is 158. The van der Waals surface area contributed by atoms with E-state index >= 15 is 35.1 Å². The molecule has 0 atom stereocenters. The zero-order valence-electron chi connectivity index (χ0n) is 28.3. The summed E-state index contributed by atoms with van der Waals surface area (Å²) in [6.07, 6.45) is -4.56. The molecule has 1 heterocycles. The number of aliphatic imine (C=N–C) groups is 1. The summed E-state index contributed by atoms with van der Waals surface area (Å²) in [5.74, 6) is -25.1. The normalized spacial score (nSPS) is 16.2. The summed E-state index contributed by atoms with van der Waals surface area (Å²) in [6, 6.07) is 22.8. The van der Waals surface area contributed by atoms with E-state index in [4.69, 9.17) is 4.99 Å². The highest BCUT2D eigenvalue weighted by molar-refractivity contribution is 8.16. The number of benzene rings is 5. The molecule has 0 N–H and O–H groups in total. The second-order valence-corrected chi connectivity index (χ2v) is 17.0. The van der Waals surface area contributed by atoms with E-state index in [-0.39, 0.29) is 5.31 Å². The molecule has 0 spiro atoms. The lowest BCUT2D eigenvalue weighted by Crippen LogP contribution is -2.69. The van der Waals surface area contributed by atoms with Gasteiger partial charge in [-0.15, -0.1) is 10.9 Å². The van der Waals surface area contributed by atoms with Crippen LogP contribution in [0.1, 0.15) is 38.8 Å². The zero-order chi connectivity index (χ0) is 38.1. The van der Waals surface area contributed by atoms with Gasteiger partial charge in [0.1, 0.15) is 41.1 Å². The molecule has 0 fully saturated rings. The average molecular weight is 743 g/mol. The van der Waals surface area contributed by atoms with Crippen LogP contribution in [-0.2, 0) is 0 Å². The lowest BCUT2D eigenvalue weighted by molar-refractivity contribution is 0.382. The van der Waals surface area contributed by atoms with Gasteiger partial charge < -0.3 is 0 Å². The summed E-state index contributed by atoms with van der Waals surface area (Å²) in [5, 5.41) is 0.337. The first-order valence-electron chi connectivity index (χ1n) is 16.0. The number of hydrogen-bond acceptors (Lipinski definition) is 1. The third kappa shape index (κ3) is 5.24. The van der Waals surface area contributed by atoms with E-state index in [1.807, 2.05) is 0 Å². The first-order valence-corrected chi connectivity index (χ1v) is 17.8. The van der Waals surface area contributed by atoms with Gasteiger partial charge in [0.15, 0.2) is 41.0 Å². The van der Waals surface area contributed by atoms with E-state index in [0.717, 1.165) is 12.5 Å². The van der Waals surface area contributed by atoms with Gasteiger partial charge in [0.25, 0.3) is 0 Å². The third-order valence-electron chi connectivity index (χ3n) is 9.50. The van der Waals surface area contributed by atoms with Gasteiger partial charge in [-0.05, 0) is 52.0 Å². The van der Waals surface area contributed by atoms with E-state index in [2.05, 4.69) is 0 Å². The second-order valence-electron chi connectivity index (χ2n) is 13.7. The van der Waals surface area contributed by atoms with Crippen molar-refractivity contribution in [1.82, 2.24) is 0 Å². The highest BCUT2D eigenvalue weighted by atomic mass is 31.2. The summed E-state index contributed by atoms with van der Waals surface area (Å²) in [4.78, 5) is 4.90. The van der Waals surface area contributed by atoms with Crippen molar-refractivity contribution >= 4 is 45.6 Å². The zero-order valence-corrected chi connectivity index (χ0v) is 29.2. The Morgan fingerprint density at radius 3 is 1.17 bits per heavy atom. The molecule has 6 rings (SSSR count).